The van der Waals surface area contributed by atoms with Gasteiger partial charge in [0, 0.05) is 11.3 Å². The molecule has 1 atom stereocenters. The second kappa shape index (κ2) is 8.69. The third-order valence-corrected chi connectivity index (χ3v) is 5.11. The van der Waals surface area contributed by atoms with Crippen LogP contribution in [0.4, 0.5) is 27.9 Å². The number of allylic oxidation sites excluding steroid dienone is 2. The minimum atomic E-state index is -5.31. The number of nitrogens with zero attached hydrogens (tertiary/aromatic N) is 3. The summed E-state index contributed by atoms with van der Waals surface area (Å²) >= 11 is 5.66. The number of nitrogens with one attached hydrogen (secondary N) is 1. The van der Waals surface area contributed by atoms with Gasteiger partial charge < -0.3 is 21.3 Å². The summed E-state index contributed by atoms with van der Waals surface area (Å²) in [4.78, 5) is 27.7. The molecule has 0 bridgehead atoms. The molecule has 1 aliphatic rings. The summed E-state index contributed by atoms with van der Waals surface area (Å²) in [7, 11) is 0. The second-order valence-corrected chi connectivity index (χ2v) is 7.09. The van der Waals surface area contributed by atoms with Gasteiger partial charge in [0.05, 0.1) is 39.9 Å². The summed E-state index contributed by atoms with van der Waals surface area (Å²) in [5.74, 6) is -8.07. The molecule has 176 valence electrons. The lowest BCUT2D eigenvalue weighted by Gasteiger charge is -2.32. The van der Waals surface area contributed by atoms with Crippen LogP contribution in [0.5, 0.6) is 0 Å². The van der Waals surface area contributed by atoms with E-state index in [2.05, 4.69) is 15.4 Å². The van der Waals surface area contributed by atoms with Gasteiger partial charge in [0.15, 0.2) is 0 Å². The molecule has 2 heterocycles. The van der Waals surface area contributed by atoms with Gasteiger partial charge in [-0.05, 0) is 12.1 Å². The summed E-state index contributed by atoms with van der Waals surface area (Å²) in [5.41, 5.74) is -0.960. The van der Waals surface area contributed by atoms with E-state index in [0.29, 0.717) is 12.1 Å². The third-order valence-electron chi connectivity index (χ3n) is 4.79. The Balaban J connectivity index is 2.42. The molecule has 0 saturated heterocycles. The molecule has 3 rings (SSSR count). The molecule has 33 heavy (non-hydrogen) atoms. The molecule has 9 nitrogen and oxygen atoms in total. The molecule has 5 N–H and O–H groups in total. The number of aliphatic carboxylic acids is 2. The van der Waals surface area contributed by atoms with Crippen LogP contribution in [0.25, 0.3) is 0 Å². The number of benzene rings is 1. The van der Waals surface area contributed by atoms with Crippen LogP contribution >= 0.6 is 11.6 Å². The van der Waals surface area contributed by atoms with Crippen molar-refractivity contribution in [2.45, 2.75) is 18.6 Å². The number of hydrogen-bond acceptors (Lipinski definition) is 6. The highest BCUT2D eigenvalue weighted by atomic mass is 35.5. The Hall–Kier alpha value is -3.68. The van der Waals surface area contributed by atoms with Crippen LogP contribution in [0, 0.1) is 5.82 Å². The van der Waals surface area contributed by atoms with Gasteiger partial charge in [-0.1, -0.05) is 11.6 Å². The van der Waals surface area contributed by atoms with Crippen LogP contribution in [0.2, 0.25) is 5.02 Å². The molecule has 0 saturated carbocycles. The number of alkyl halides is 4. The zero-order valence-corrected chi connectivity index (χ0v) is 16.9. The van der Waals surface area contributed by atoms with Gasteiger partial charge in [-0.15, -0.1) is 0 Å². The van der Waals surface area contributed by atoms with Crippen LogP contribution in [-0.2, 0) is 22.3 Å². The van der Waals surface area contributed by atoms with E-state index < -0.39 is 81.8 Å². The van der Waals surface area contributed by atoms with E-state index in [1.165, 1.54) is 0 Å². The Morgan fingerprint density at radius 3 is 2.27 bits per heavy atom. The smallest absolute Gasteiger partial charge is 0.418 e. The van der Waals surface area contributed by atoms with Crippen molar-refractivity contribution in [1.29, 1.82) is 0 Å². The largest absolute Gasteiger partial charge is 0.478 e. The fourth-order valence-corrected chi connectivity index (χ4v) is 3.79. The first kappa shape index (κ1) is 24.0. The number of hydrogen-bond donors (Lipinski definition) is 4. The summed E-state index contributed by atoms with van der Waals surface area (Å²) in [6.07, 6.45) is -4.32. The Morgan fingerprint density at radius 2 is 1.79 bits per heavy atom. The molecular formula is C18H13ClF5N5O4. The normalized spacial score (nSPS) is 16.7. The molecule has 0 fully saturated rings. The maximum absolute atomic E-state index is 14.9. The Kier molecular flexibility index (Phi) is 6.31. The molecule has 0 radical (unpaired) electrons. The molecular weight excluding hydrogens is 481 g/mol. The summed E-state index contributed by atoms with van der Waals surface area (Å²) in [6.45, 7) is -2.13. The molecule has 0 amide bonds. The Bertz CT molecular complexity index is 1210. The van der Waals surface area contributed by atoms with E-state index in [9.17, 15) is 41.8 Å². The number of rotatable bonds is 6. The summed E-state index contributed by atoms with van der Waals surface area (Å²) in [5, 5.41) is 24.4. The molecule has 15 heteroatoms. The van der Waals surface area contributed by atoms with E-state index in [1.807, 2.05) is 0 Å². The van der Waals surface area contributed by atoms with Crippen molar-refractivity contribution in [2.24, 2.45) is 0 Å². The van der Waals surface area contributed by atoms with E-state index in [-0.39, 0.29) is 5.95 Å². The third kappa shape index (κ3) is 4.33. The van der Waals surface area contributed by atoms with Crippen molar-refractivity contribution >= 4 is 29.5 Å². The maximum Gasteiger partial charge on any atom is 0.418 e. The predicted octanol–water partition coefficient (Wildman–Crippen LogP) is 2.71. The van der Waals surface area contributed by atoms with Crippen molar-refractivity contribution in [3.05, 3.63) is 63.0 Å². The van der Waals surface area contributed by atoms with Gasteiger partial charge in [-0.2, -0.15) is 18.3 Å². The number of dihydropyridines is 1. The predicted molar refractivity (Wildman–Crippen MR) is 102 cm³/mol. The number of carboxylic acid groups (broad SMARTS) is 2. The van der Waals surface area contributed by atoms with Crippen LogP contribution < -0.4 is 11.1 Å². The number of carboxylic acids is 2. The van der Waals surface area contributed by atoms with E-state index in [0.717, 1.165) is 11.0 Å². The highest BCUT2D eigenvalue weighted by Gasteiger charge is 2.46. The van der Waals surface area contributed by atoms with Crippen molar-refractivity contribution in [2.75, 3.05) is 12.4 Å². The number of aromatic nitrogens is 3. The van der Waals surface area contributed by atoms with Crippen LogP contribution in [-0.4, -0.2) is 43.6 Å². The lowest BCUT2D eigenvalue weighted by atomic mass is 9.78. The van der Waals surface area contributed by atoms with Gasteiger partial charge in [0.1, 0.15) is 18.8 Å². The molecule has 0 spiro atoms. The molecule has 2 aromatic rings. The van der Waals surface area contributed by atoms with Crippen molar-refractivity contribution in [1.82, 2.24) is 20.1 Å². The molecule has 1 unspecified atom stereocenters. The number of nitrogens with two attached hydrogens (primary N) is 1. The quantitative estimate of drug-likeness (QED) is 0.450. The lowest BCUT2D eigenvalue weighted by Crippen LogP contribution is -2.36. The average Bonchev–Trinajstić information content (AvgIpc) is 3.11. The van der Waals surface area contributed by atoms with Crippen molar-refractivity contribution in [3.63, 3.8) is 0 Å². The second-order valence-electron chi connectivity index (χ2n) is 6.68. The van der Waals surface area contributed by atoms with Gasteiger partial charge in [0.25, 0.3) is 0 Å². The topological polar surface area (TPSA) is 143 Å². The SMILES string of the molecule is Nc1ncnn1CC1=C(C(=O)O)C(c2c(F)ccc(Cl)c2C(F)(F)F)C(C(=O)O)=C(CF)N1. The monoisotopic (exact) mass is 493 g/mol. The maximum atomic E-state index is 14.9. The van der Waals surface area contributed by atoms with Crippen LogP contribution in [0.15, 0.2) is 41.0 Å². The van der Waals surface area contributed by atoms with Crippen molar-refractivity contribution < 1.29 is 41.8 Å². The van der Waals surface area contributed by atoms with Crippen LogP contribution in [0.1, 0.15) is 17.0 Å². The average molecular weight is 494 g/mol. The molecule has 1 aromatic carbocycles. The van der Waals surface area contributed by atoms with Gasteiger partial charge in [0.2, 0.25) is 5.95 Å². The fourth-order valence-electron chi connectivity index (χ4n) is 3.52. The van der Waals surface area contributed by atoms with Gasteiger partial charge in [-0.3, -0.25) is 0 Å². The summed E-state index contributed by atoms with van der Waals surface area (Å²) in [6, 6.07) is 1.11. The fraction of sp³-hybridized carbons (Fsp3) is 0.222. The zero-order chi connectivity index (χ0) is 24.7. The van der Waals surface area contributed by atoms with Gasteiger partial charge in [-0.25, -0.2) is 28.0 Å². The Morgan fingerprint density at radius 1 is 1.18 bits per heavy atom. The minimum absolute atomic E-state index is 0.231. The highest BCUT2D eigenvalue weighted by Crippen LogP contribution is 2.47. The molecule has 1 aliphatic heterocycles. The number of carbonyl (C=O) groups is 2. The van der Waals surface area contributed by atoms with E-state index >= 15 is 0 Å². The number of halogens is 6. The standard InChI is InChI=1S/C18H13ClF5N5O4/c19-6-1-2-7(21)10(14(6)18(22,23)24)13-11(15(30)31)8(3-20)28-9(12(13)16(32)33)4-29-17(25)26-5-27-29/h1-2,5,13,28H,3-4H2,(H,30,31)(H,32,33)(H2,25,26,27). The lowest BCUT2D eigenvalue weighted by molar-refractivity contribution is -0.139. The van der Waals surface area contributed by atoms with E-state index in [1.54, 1.807) is 0 Å². The molecule has 0 aliphatic carbocycles. The highest BCUT2D eigenvalue weighted by molar-refractivity contribution is 6.31. The number of nitrogen functional groups attached to an aromatic ring is 1. The zero-order valence-electron chi connectivity index (χ0n) is 16.1. The minimum Gasteiger partial charge on any atom is -0.478 e. The van der Waals surface area contributed by atoms with Crippen LogP contribution in [0.3, 0.4) is 0 Å². The first-order chi connectivity index (χ1) is 15.4. The first-order valence-electron chi connectivity index (χ1n) is 8.82. The Labute approximate surface area is 186 Å². The number of anilines is 1. The van der Waals surface area contributed by atoms with E-state index in [4.69, 9.17) is 17.3 Å². The molecule has 1 aromatic heterocycles. The summed E-state index contributed by atoms with van der Waals surface area (Å²) < 4.78 is 71.1. The van der Waals surface area contributed by atoms with Gasteiger partial charge >= 0.3 is 18.1 Å². The first-order valence-corrected chi connectivity index (χ1v) is 9.20. The van der Waals surface area contributed by atoms with Crippen molar-refractivity contribution in [3.8, 4) is 0 Å².